The van der Waals surface area contributed by atoms with Crippen molar-refractivity contribution in [1.82, 2.24) is 15.1 Å². The van der Waals surface area contributed by atoms with Gasteiger partial charge in [0.1, 0.15) is 0 Å². The molecule has 2 aromatic carbocycles. The third-order valence-corrected chi connectivity index (χ3v) is 7.65. The minimum Gasteiger partial charge on any atom is -0.349 e. The predicted octanol–water partition coefficient (Wildman–Crippen LogP) is 4.09. The van der Waals surface area contributed by atoms with Crippen LogP contribution >= 0.6 is 0 Å². The number of fused-ring (bicyclic) bond motifs is 1. The molecule has 0 aliphatic carbocycles. The monoisotopic (exact) mass is 477 g/mol. The van der Waals surface area contributed by atoms with Crippen LogP contribution in [0.5, 0.6) is 0 Å². The van der Waals surface area contributed by atoms with Gasteiger partial charge in [0, 0.05) is 11.3 Å². The Hall–Kier alpha value is -3.14. The van der Waals surface area contributed by atoms with Crippen LogP contribution < -0.4 is 5.32 Å². The van der Waals surface area contributed by atoms with Crippen LogP contribution in [0, 0.1) is 13.8 Å². The molecule has 1 atom stereocenters. The molecular formula is C23H22F3N3O3S. The van der Waals surface area contributed by atoms with Crippen LogP contribution in [0.3, 0.4) is 0 Å². The van der Waals surface area contributed by atoms with Crippen molar-refractivity contribution in [3.05, 3.63) is 76.6 Å². The van der Waals surface area contributed by atoms with Gasteiger partial charge in [0.05, 0.1) is 40.1 Å². The number of aromatic nitrogens is 2. The van der Waals surface area contributed by atoms with Gasteiger partial charge in [-0.3, -0.25) is 4.79 Å². The van der Waals surface area contributed by atoms with Crippen LogP contribution in [-0.2, 0) is 27.2 Å². The molecule has 10 heteroatoms. The number of benzene rings is 2. The average molecular weight is 478 g/mol. The Morgan fingerprint density at radius 2 is 1.88 bits per heavy atom. The molecule has 0 spiro atoms. The van der Waals surface area contributed by atoms with E-state index in [-0.39, 0.29) is 35.1 Å². The summed E-state index contributed by atoms with van der Waals surface area (Å²) < 4.78 is 65.3. The molecule has 1 aromatic heterocycles. The second-order valence-corrected chi connectivity index (χ2v) is 10.1. The maximum atomic E-state index is 13.1. The molecule has 0 fully saturated rings. The molecule has 1 amide bonds. The smallest absolute Gasteiger partial charge is 0.349 e. The van der Waals surface area contributed by atoms with Crippen LogP contribution in [0.2, 0.25) is 0 Å². The van der Waals surface area contributed by atoms with E-state index < -0.39 is 27.6 Å². The standard InChI is InChI=1S/C23H22F3N3O3S/c1-14-19(15(2)29(28-14)17-7-5-6-16(12-17)23(24,25)26)13-22(30)27-20-10-11-33(31,32)21-9-4-3-8-18(20)21/h3-9,12,20H,10-11,13H2,1-2H3,(H,27,30). The first-order valence-corrected chi connectivity index (χ1v) is 12.0. The van der Waals surface area contributed by atoms with Gasteiger partial charge in [0.15, 0.2) is 9.84 Å². The SMILES string of the molecule is Cc1nn(-c2cccc(C(F)(F)F)c2)c(C)c1CC(=O)NC1CCS(=O)(=O)c2ccccc21. The fourth-order valence-electron chi connectivity index (χ4n) is 4.14. The Kier molecular flexibility index (Phi) is 5.81. The van der Waals surface area contributed by atoms with Crippen molar-refractivity contribution in [2.45, 2.75) is 43.8 Å². The molecule has 3 aromatic rings. The summed E-state index contributed by atoms with van der Waals surface area (Å²) in [5.74, 6) is -0.371. The van der Waals surface area contributed by atoms with Crippen molar-refractivity contribution >= 4 is 15.7 Å². The Morgan fingerprint density at radius 1 is 1.15 bits per heavy atom. The molecule has 0 saturated heterocycles. The van der Waals surface area contributed by atoms with Gasteiger partial charge in [-0.1, -0.05) is 24.3 Å². The van der Waals surface area contributed by atoms with Gasteiger partial charge in [-0.05, 0) is 50.1 Å². The third kappa shape index (κ3) is 4.52. The lowest BCUT2D eigenvalue weighted by atomic mass is 10.0. The number of carbonyl (C=O) groups excluding carboxylic acids is 1. The van der Waals surface area contributed by atoms with Gasteiger partial charge in [-0.15, -0.1) is 0 Å². The van der Waals surface area contributed by atoms with Gasteiger partial charge in [-0.25, -0.2) is 13.1 Å². The number of aryl methyl sites for hydroxylation is 1. The maximum Gasteiger partial charge on any atom is 0.416 e. The van der Waals surface area contributed by atoms with Crippen molar-refractivity contribution in [1.29, 1.82) is 0 Å². The van der Waals surface area contributed by atoms with E-state index in [9.17, 15) is 26.4 Å². The Bertz CT molecular complexity index is 1330. The summed E-state index contributed by atoms with van der Waals surface area (Å²) >= 11 is 0. The maximum absolute atomic E-state index is 13.1. The summed E-state index contributed by atoms with van der Waals surface area (Å²) in [6.45, 7) is 3.40. The van der Waals surface area contributed by atoms with Crippen molar-refractivity contribution in [2.24, 2.45) is 0 Å². The molecule has 0 saturated carbocycles. The molecule has 1 aliphatic rings. The van der Waals surface area contributed by atoms with E-state index in [2.05, 4.69) is 10.4 Å². The number of hydrogen-bond donors (Lipinski definition) is 1. The first-order chi connectivity index (χ1) is 15.5. The molecule has 0 bridgehead atoms. The normalized spacial score (nSPS) is 17.4. The van der Waals surface area contributed by atoms with Crippen LogP contribution in [0.4, 0.5) is 13.2 Å². The van der Waals surface area contributed by atoms with E-state index in [1.165, 1.54) is 22.9 Å². The van der Waals surface area contributed by atoms with Crippen LogP contribution in [0.25, 0.3) is 5.69 Å². The van der Waals surface area contributed by atoms with E-state index in [0.29, 0.717) is 22.5 Å². The fraction of sp³-hybridized carbons (Fsp3) is 0.304. The number of nitrogens with zero attached hydrogens (tertiary/aromatic N) is 2. The molecule has 4 rings (SSSR count). The van der Waals surface area contributed by atoms with Gasteiger partial charge < -0.3 is 5.32 Å². The summed E-state index contributed by atoms with van der Waals surface area (Å²) in [6.07, 6.45) is -4.23. The summed E-state index contributed by atoms with van der Waals surface area (Å²) in [5, 5.41) is 7.25. The first-order valence-electron chi connectivity index (χ1n) is 10.3. The number of hydrogen-bond acceptors (Lipinski definition) is 4. The lowest BCUT2D eigenvalue weighted by Crippen LogP contribution is -2.34. The Balaban J connectivity index is 1.57. The minimum absolute atomic E-state index is 0.0257. The molecule has 33 heavy (non-hydrogen) atoms. The van der Waals surface area contributed by atoms with E-state index in [0.717, 1.165) is 12.1 Å². The van der Waals surface area contributed by atoms with Gasteiger partial charge >= 0.3 is 6.18 Å². The van der Waals surface area contributed by atoms with Crippen LogP contribution in [-0.4, -0.2) is 29.9 Å². The van der Waals surface area contributed by atoms with Gasteiger partial charge in [0.2, 0.25) is 5.91 Å². The largest absolute Gasteiger partial charge is 0.416 e. The van der Waals surface area contributed by atoms with E-state index >= 15 is 0 Å². The van der Waals surface area contributed by atoms with Gasteiger partial charge in [-0.2, -0.15) is 18.3 Å². The third-order valence-electron chi connectivity index (χ3n) is 5.84. The molecule has 1 aliphatic heterocycles. The topological polar surface area (TPSA) is 81.1 Å². The summed E-state index contributed by atoms with van der Waals surface area (Å²) in [7, 11) is -3.37. The van der Waals surface area contributed by atoms with E-state index in [4.69, 9.17) is 0 Å². The summed E-state index contributed by atoms with van der Waals surface area (Å²) in [5.41, 5.74) is 1.74. The molecule has 2 heterocycles. The van der Waals surface area contributed by atoms with Crippen molar-refractivity contribution in [2.75, 3.05) is 5.75 Å². The quantitative estimate of drug-likeness (QED) is 0.614. The highest BCUT2D eigenvalue weighted by molar-refractivity contribution is 7.91. The molecule has 174 valence electrons. The zero-order valence-electron chi connectivity index (χ0n) is 18.0. The molecule has 1 N–H and O–H groups in total. The number of rotatable bonds is 4. The Morgan fingerprint density at radius 3 is 2.61 bits per heavy atom. The predicted molar refractivity (Wildman–Crippen MR) is 116 cm³/mol. The van der Waals surface area contributed by atoms with Crippen molar-refractivity contribution in [3.8, 4) is 5.69 Å². The number of alkyl halides is 3. The highest BCUT2D eigenvalue weighted by Gasteiger charge is 2.32. The van der Waals surface area contributed by atoms with E-state index in [1.807, 2.05) is 0 Å². The number of carbonyl (C=O) groups is 1. The molecule has 0 radical (unpaired) electrons. The highest BCUT2D eigenvalue weighted by atomic mass is 32.2. The molecule has 1 unspecified atom stereocenters. The molecular weight excluding hydrogens is 455 g/mol. The zero-order chi connectivity index (χ0) is 24.0. The summed E-state index contributed by atoms with van der Waals surface area (Å²) in [6, 6.07) is 11.0. The fourth-order valence-corrected chi connectivity index (χ4v) is 5.76. The highest BCUT2D eigenvalue weighted by Crippen LogP contribution is 2.33. The van der Waals surface area contributed by atoms with Crippen molar-refractivity contribution in [3.63, 3.8) is 0 Å². The summed E-state index contributed by atoms with van der Waals surface area (Å²) in [4.78, 5) is 13.1. The molecule has 6 nitrogen and oxygen atoms in total. The second kappa shape index (κ2) is 8.33. The van der Waals surface area contributed by atoms with Crippen molar-refractivity contribution < 1.29 is 26.4 Å². The van der Waals surface area contributed by atoms with Crippen LogP contribution in [0.15, 0.2) is 53.4 Å². The average Bonchev–Trinajstić information content (AvgIpc) is 3.04. The minimum atomic E-state index is -4.47. The van der Waals surface area contributed by atoms with Crippen LogP contribution in [0.1, 0.15) is 40.5 Å². The Labute approximate surface area is 189 Å². The number of nitrogens with one attached hydrogen (secondary N) is 1. The first kappa shape index (κ1) is 23.0. The number of sulfone groups is 1. The van der Waals surface area contributed by atoms with E-state index in [1.54, 1.807) is 32.0 Å². The lowest BCUT2D eigenvalue weighted by Gasteiger charge is -2.26. The number of amides is 1. The van der Waals surface area contributed by atoms with Gasteiger partial charge in [0.25, 0.3) is 0 Å². The second-order valence-electron chi connectivity index (χ2n) is 8.05. The number of halogens is 3. The lowest BCUT2D eigenvalue weighted by molar-refractivity contribution is -0.137. The zero-order valence-corrected chi connectivity index (χ0v) is 18.8.